The number of rotatable bonds is 7. The summed E-state index contributed by atoms with van der Waals surface area (Å²) in [7, 11) is 0. The van der Waals surface area contributed by atoms with E-state index >= 15 is 0 Å². The second-order valence-corrected chi connectivity index (χ2v) is 7.16. The predicted molar refractivity (Wildman–Crippen MR) is 102 cm³/mol. The molecule has 2 rings (SSSR count). The molecular weight excluding hydrogens is 346 g/mol. The van der Waals surface area contributed by atoms with Crippen LogP contribution in [0.5, 0.6) is 5.75 Å². The minimum absolute atomic E-state index is 0.0341. The van der Waals surface area contributed by atoms with E-state index in [-0.39, 0.29) is 28.9 Å². The number of phenols is 1. The van der Waals surface area contributed by atoms with E-state index in [1.165, 1.54) is 24.3 Å². The first kappa shape index (κ1) is 20.7. The van der Waals surface area contributed by atoms with E-state index in [0.29, 0.717) is 12.0 Å². The third-order valence-corrected chi connectivity index (χ3v) is 4.85. The number of amides is 1. The Morgan fingerprint density at radius 1 is 1.22 bits per heavy atom. The summed E-state index contributed by atoms with van der Waals surface area (Å²) >= 11 is 0. The number of allylic oxidation sites excluding steroid dienone is 3. The fraction of sp³-hybridized carbons (Fsp3) is 0.429. The van der Waals surface area contributed by atoms with Crippen molar-refractivity contribution in [3.05, 3.63) is 53.3 Å². The number of nitrogens with one attached hydrogen (secondary N) is 1. The van der Waals surface area contributed by atoms with Gasteiger partial charge in [-0.3, -0.25) is 9.59 Å². The Kier molecular flexibility index (Phi) is 6.80. The molecule has 1 aliphatic heterocycles. The normalized spacial score (nSPS) is 22.6. The number of hydrogen-bond acceptors (Lipinski definition) is 5. The van der Waals surface area contributed by atoms with Crippen LogP contribution in [0.15, 0.2) is 47.7 Å². The summed E-state index contributed by atoms with van der Waals surface area (Å²) < 4.78 is 0. The van der Waals surface area contributed by atoms with Crippen molar-refractivity contribution in [2.45, 2.75) is 45.8 Å². The first-order chi connectivity index (χ1) is 12.8. The smallest absolute Gasteiger partial charge is 0.259 e. The van der Waals surface area contributed by atoms with Gasteiger partial charge in [-0.2, -0.15) is 0 Å². The van der Waals surface area contributed by atoms with Crippen LogP contribution in [0.1, 0.15) is 45.3 Å². The van der Waals surface area contributed by atoms with E-state index in [2.05, 4.69) is 5.32 Å². The summed E-state index contributed by atoms with van der Waals surface area (Å²) in [6.07, 6.45) is 4.22. The molecule has 0 spiro atoms. The number of carbonyl (C=O) groups is 2. The monoisotopic (exact) mass is 373 g/mol. The van der Waals surface area contributed by atoms with Gasteiger partial charge in [-0.15, -0.1) is 0 Å². The summed E-state index contributed by atoms with van der Waals surface area (Å²) in [5.41, 5.74) is 0.115. The highest BCUT2D eigenvalue weighted by molar-refractivity contribution is 6.27. The zero-order chi connectivity index (χ0) is 20.1. The van der Waals surface area contributed by atoms with Crippen LogP contribution in [0.25, 0.3) is 0 Å². The van der Waals surface area contributed by atoms with Gasteiger partial charge in [0.1, 0.15) is 29.2 Å². The molecule has 6 heteroatoms. The molecule has 1 heterocycles. The fourth-order valence-corrected chi connectivity index (χ4v) is 3.30. The molecule has 0 aliphatic carbocycles. The summed E-state index contributed by atoms with van der Waals surface area (Å²) in [6, 6.07) is 4.58. The third-order valence-electron chi connectivity index (χ3n) is 4.85. The second-order valence-electron chi connectivity index (χ2n) is 7.16. The molecular formula is C21H27NO5. The molecule has 1 amide bonds. The molecule has 1 aromatic rings. The van der Waals surface area contributed by atoms with E-state index in [1.807, 2.05) is 26.0 Å². The van der Waals surface area contributed by atoms with Gasteiger partial charge in [0.2, 0.25) is 0 Å². The highest BCUT2D eigenvalue weighted by Crippen LogP contribution is 2.29. The SMILES string of the molecule is C/C=C/C[C@H](C)C[C@H](C)/C(O)=C1/C(=O)N[C@H]([C@@H](O)c2ccc(O)cc2)C1=O. The molecule has 0 bridgehead atoms. The average molecular weight is 373 g/mol. The number of aliphatic hydroxyl groups excluding tert-OH is 2. The van der Waals surface area contributed by atoms with Crippen LogP contribution >= 0.6 is 0 Å². The standard InChI is InChI=1S/C21H27NO5/c1-4-5-6-12(2)11-13(3)18(24)16-20(26)17(22-21(16)27)19(25)14-7-9-15(23)10-8-14/h4-5,7-10,12-13,17,19,23-25H,6,11H2,1-3H3,(H,22,27)/b5-4+,18-16-/t12-,13-,17+,19-/m0/s1. The van der Waals surface area contributed by atoms with Crippen LogP contribution < -0.4 is 5.32 Å². The largest absolute Gasteiger partial charge is 0.511 e. The van der Waals surface area contributed by atoms with Gasteiger partial charge in [-0.1, -0.05) is 38.1 Å². The molecule has 6 nitrogen and oxygen atoms in total. The molecule has 1 aromatic carbocycles. The van der Waals surface area contributed by atoms with E-state index < -0.39 is 23.8 Å². The minimum atomic E-state index is -1.27. The van der Waals surface area contributed by atoms with Crippen LogP contribution in [-0.2, 0) is 9.59 Å². The molecule has 1 saturated heterocycles. The van der Waals surface area contributed by atoms with Gasteiger partial charge in [-0.25, -0.2) is 0 Å². The van der Waals surface area contributed by atoms with Crippen molar-refractivity contribution in [2.75, 3.05) is 0 Å². The Morgan fingerprint density at radius 3 is 2.44 bits per heavy atom. The molecule has 0 aromatic heterocycles. The number of hydrogen-bond donors (Lipinski definition) is 4. The topological polar surface area (TPSA) is 107 Å². The molecule has 4 atom stereocenters. The van der Waals surface area contributed by atoms with Crippen LogP contribution in [0.2, 0.25) is 0 Å². The van der Waals surface area contributed by atoms with E-state index in [0.717, 1.165) is 6.42 Å². The summed E-state index contributed by atoms with van der Waals surface area (Å²) in [5.74, 6) is -1.55. The summed E-state index contributed by atoms with van der Waals surface area (Å²) in [6.45, 7) is 5.76. The molecule has 146 valence electrons. The molecule has 1 fully saturated rings. The summed E-state index contributed by atoms with van der Waals surface area (Å²) in [5, 5.41) is 32.8. The number of aliphatic hydroxyl groups is 2. The van der Waals surface area contributed by atoms with E-state index in [9.17, 15) is 24.9 Å². The van der Waals surface area contributed by atoms with Gasteiger partial charge in [0.05, 0.1) is 0 Å². The molecule has 0 radical (unpaired) electrons. The van der Waals surface area contributed by atoms with Gasteiger partial charge in [0.15, 0.2) is 5.78 Å². The van der Waals surface area contributed by atoms with Crippen molar-refractivity contribution in [1.82, 2.24) is 5.32 Å². The third kappa shape index (κ3) is 4.77. The first-order valence-corrected chi connectivity index (χ1v) is 9.12. The predicted octanol–water partition coefficient (Wildman–Crippen LogP) is 2.93. The zero-order valence-electron chi connectivity index (χ0n) is 15.8. The van der Waals surface area contributed by atoms with Gasteiger partial charge in [0.25, 0.3) is 5.91 Å². The van der Waals surface area contributed by atoms with Gasteiger partial charge in [0, 0.05) is 5.92 Å². The number of Topliss-reactive ketones (excluding diaryl/α,β-unsaturated/α-hetero) is 1. The Morgan fingerprint density at radius 2 is 1.85 bits per heavy atom. The Hall–Kier alpha value is -2.60. The van der Waals surface area contributed by atoms with Crippen molar-refractivity contribution >= 4 is 11.7 Å². The number of benzene rings is 1. The minimum Gasteiger partial charge on any atom is -0.511 e. The van der Waals surface area contributed by atoms with Crippen LogP contribution in [-0.4, -0.2) is 33.1 Å². The van der Waals surface area contributed by atoms with Gasteiger partial charge in [-0.05, 0) is 43.4 Å². The highest BCUT2D eigenvalue weighted by Gasteiger charge is 2.43. The molecule has 1 aliphatic rings. The average Bonchev–Trinajstić information content (AvgIpc) is 2.93. The lowest BCUT2D eigenvalue weighted by molar-refractivity contribution is -0.118. The zero-order valence-corrected chi connectivity index (χ0v) is 15.8. The molecule has 4 N–H and O–H groups in total. The number of phenolic OH excluding ortho intramolecular Hbond substituents is 1. The Labute approximate surface area is 159 Å². The van der Waals surface area contributed by atoms with Crippen molar-refractivity contribution in [1.29, 1.82) is 0 Å². The number of ketones is 1. The fourth-order valence-electron chi connectivity index (χ4n) is 3.30. The first-order valence-electron chi connectivity index (χ1n) is 9.12. The van der Waals surface area contributed by atoms with Crippen molar-refractivity contribution < 1.29 is 24.9 Å². The van der Waals surface area contributed by atoms with Crippen molar-refractivity contribution in [3.8, 4) is 5.75 Å². The van der Waals surface area contributed by atoms with E-state index in [1.54, 1.807) is 6.92 Å². The maximum atomic E-state index is 12.7. The van der Waals surface area contributed by atoms with Crippen LogP contribution in [0.3, 0.4) is 0 Å². The molecule has 0 saturated carbocycles. The lowest BCUT2D eigenvalue weighted by atomic mass is 9.90. The second kappa shape index (κ2) is 8.86. The maximum absolute atomic E-state index is 12.7. The summed E-state index contributed by atoms with van der Waals surface area (Å²) in [4.78, 5) is 25.0. The Bertz CT molecular complexity index is 750. The lowest BCUT2D eigenvalue weighted by Crippen LogP contribution is -2.35. The van der Waals surface area contributed by atoms with Gasteiger partial charge >= 0.3 is 0 Å². The van der Waals surface area contributed by atoms with Crippen LogP contribution in [0, 0.1) is 11.8 Å². The quantitative estimate of drug-likeness (QED) is 0.254. The van der Waals surface area contributed by atoms with Gasteiger partial charge < -0.3 is 20.6 Å². The van der Waals surface area contributed by atoms with Crippen LogP contribution in [0.4, 0.5) is 0 Å². The maximum Gasteiger partial charge on any atom is 0.259 e. The van der Waals surface area contributed by atoms with E-state index in [4.69, 9.17) is 0 Å². The Balaban J connectivity index is 2.18. The lowest BCUT2D eigenvalue weighted by Gasteiger charge is -2.17. The van der Waals surface area contributed by atoms with Crippen molar-refractivity contribution in [2.24, 2.45) is 11.8 Å². The molecule has 0 unspecified atom stereocenters. The number of aromatic hydroxyl groups is 1. The number of carbonyl (C=O) groups excluding carboxylic acids is 2. The van der Waals surface area contributed by atoms with Crippen molar-refractivity contribution in [3.63, 3.8) is 0 Å². The highest BCUT2D eigenvalue weighted by atomic mass is 16.3. The molecule has 27 heavy (non-hydrogen) atoms.